The number of hydrogen-bond donors (Lipinski definition) is 0. The lowest BCUT2D eigenvalue weighted by molar-refractivity contribution is 1.17. The fraction of sp³-hybridized carbons (Fsp3) is 0. The van der Waals surface area contributed by atoms with Gasteiger partial charge in [-0.3, -0.25) is 0 Å². The summed E-state index contributed by atoms with van der Waals surface area (Å²) in [7, 11) is 0. The van der Waals surface area contributed by atoms with Crippen molar-refractivity contribution < 1.29 is 0 Å². The second-order valence-electron chi connectivity index (χ2n) is 11.6. The molecule has 47 heavy (non-hydrogen) atoms. The molecule has 0 spiro atoms. The van der Waals surface area contributed by atoms with Crippen LogP contribution in [-0.2, 0) is 0 Å². The summed E-state index contributed by atoms with van der Waals surface area (Å²) >= 11 is 0. The number of pyridine rings is 1. The molecule has 0 fully saturated rings. The molecule has 3 aromatic heterocycles. The summed E-state index contributed by atoms with van der Waals surface area (Å²) in [4.78, 5) is 15.8. The van der Waals surface area contributed by atoms with Crippen LogP contribution < -0.4 is 0 Å². The van der Waals surface area contributed by atoms with E-state index in [1.807, 2.05) is 36.4 Å². The van der Waals surface area contributed by atoms with E-state index in [9.17, 15) is 0 Å². The molecular formula is C43H28N4. The second-order valence-corrected chi connectivity index (χ2v) is 11.6. The van der Waals surface area contributed by atoms with Gasteiger partial charge < -0.3 is 4.57 Å². The largest absolute Gasteiger partial charge is 0.307 e. The van der Waals surface area contributed by atoms with Crippen LogP contribution in [0.2, 0.25) is 0 Å². The summed E-state index contributed by atoms with van der Waals surface area (Å²) in [6.07, 6.45) is 0. The first-order chi connectivity index (χ1) is 23.3. The van der Waals surface area contributed by atoms with Crippen LogP contribution in [0, 0.1) is 0 Å². The zero-order valence-corrected chi connectivity index (χ0v) is 25.5. The van der Waals surface area contributed by atoms with Gasteiger partial charge in [0.2, 0.25) is 0 Å². The van der Waals surface area contributed by atoms with Crippen molar-refractivity contribution in [3.63, 3.8) is 0 Å². The molecule has 0 unspecified atom stereocenters. The van der Waals surface area contributed by atoms with E-state index in [1.165, 1.54) is 10.8 Å². The van der Waals surface area contributed by atoms with Gasteiger partial charge in [-0.25, -0.2) is 15.0 Å². The zero-order valence-electron chi connectivity index (χ0n) is 25.5. The van der Waals surface area contributed by atoms with Gasteiger partial charge in [-0.05, 0) is 30.3 Å². The van der Waals surface area contributed by atoms with Crippen LogP contribution >= 0.6 is 0 Å². The van der Waals surface area contributed by atoms with Gasteiger partial charge in [-0.2, -0.15) is 0 Å². The Kier molecular flexibility index (Phi) is 6.43. The lowest BCUT2D eigenvalue weighted by atomic mass is 9.98. The molecule has 4 heteroatoms. The predicted molar refractivity (Wildman–Crippen MR) is 193 cm³/mol. The topological polar surface area (TPSA) is 43.6 Å². The number of aromatic nitrogens is 4. The van der Waals surface area contributed by atoms with E-state index in [4.69, 9.17) is 15.0 Å². The molecule has 0 aliphatic carbocycles. The highest BCUT2D eigenvalue weighted by Crippen LogP contribution is 2.43. The smallest absolute Gasteiger partial charge is 0.161 e. The van der Waals surface area contributed by atoms with Crippen LogP contribution in [0.5, 0.6) is 0 Å². The molecule has 9 aromatic rings. The SMILES string of the molecule is c1ccc(-c2cc(-c3ccccc3)nc(-c3ccccc3-c3nc4ccccc4c4c5ccccc5n(-c5ccccc5)c34)n2)cc1. The Morgan fingerprint density at radius 2 is 0.957 bits per heavy atom. The van der Waals surface area contributed by atoms with Crippen molar-refractivity contribution in [1.29, 1.82) is 0 Å². The first-order valence-corrected chi connectivity index (χ1v) is 15.8. The third kappa shape index (κ3) is 4.58. The highest BCUT2D eigenvalue weighted by Gasteiger charge is 2.23. The van der Waals surface area contributed by atoms with Crippen LogP contribution in [0.25, 0.3) is 83.6 Å². The lowest BCUT2D eigenvalue weighted by Crippen LogP contribution is -2.00. The van der Waals surface area contributed by atoms with Gasteiger partial charge in [0, 0.05) is 44.1 Å². The van der Waals surface area contributed by atoms with Crippen LogP contribution in [0.15, 0.2) is 170 Å². The van der Waals surface area contributed by atoms with Gasteiger partial charge in [0.25, 0.3) is 0 Å². The van der Waals surface area contributed by atoms with Crippen molar-refractivity contribution >= 4 is 32.7 Å². The van der Waals surface area contributed by atoms with Crippen molar-refractivity contribution in [3.8, 4) is 50.8 Å². The summed E-state index contributed by atoms with van der Waals surface area (Å²) in [5.74, 6) is 0.659. The summed E-state index contributed by atoms with van der Waals surface area (Å²) in [6.45, 7) is 0. The average molecular weight is 601 g/mol. The molecule has 0 N–H and O–H groups in total. The summed E-state index contributed by atoms with van der Waals surface area (Å²) in [6, 6.07) is 58.8. The molecule has 4 nitrogen and oxygen atoms in total. The number of rotatable bonds is 5. The Bertz CT molecular complexity index is 2500. The predicted octanol–water partition coefficient (Wildman–Crippen LogP) is 10.8. The summed E-state index contributed by atoms with van der Waals surface area (Å²) < 4.78 is 2.35. The zero-order chi connectivity index (χ0) is 31.2. The highest BCUT2D eigenvalue weighted by molar-refractivity contribution is 6.23. The normalized spacial score (nSPS) is 11.4. The number of hydrogen-bond acceptors (Lipinski definition) is 3. The second kappa shape index (κ2) is 11.2. The molecule has 0 bridgehead atoms. The molecule has 0 atom stereocenters. The quantitative estimate of drug-likeness (QED) is 0.197. The minimum Gasteiger partial charge on any atom is -0.307 e. The molecular weight excluding hydrogens is 573 g/mol. The number of para-hydroxylation sites is 3. The number of nitrogens with zero attached hydrogens (tertiary/aromatic N) is 4. The fourth-order valence-corrected chi connectivity index (χ4v) is 6.69. The van der Waals surface area contributed by atoms with Crippen LogP contribution in [0.1, 0.15) is 0 Å². The van der Waals surface area contributed by atoms with Gasteiger partial charge in [-0.15, -0.1) is 0 Å². The van der Waals surface area contributed by atoms with Crippen LogP contribution in [0.3, 0.4) is 0 Å². The number of benzene rings is 6. The molecule has 9 rings (SSSR count). The Morgan fingerprint density at radius 1 is 0.426 bits per heavy atom. The van der Waals surface area contributed by atoms with E-state index in [0.29, 0.717) is 5.82 Å². The molecule has 0 amide bonds. The van der Waals surface area contributed by atoms with E-state index in [1.54, 1.807) is 0 Å². The maximum Gasteiger partial charge on any atom is 0.161 e. The van der Waals surface area contributed by atoms with E-state index < -0.39 is 0 Å². The minimum absolute atomic E-state index is 0.659. The van der Waals surface area contributed by atoms with E-state index in [0.717, 1.165) is 67.0 Å². The number of fused-ring (bicyclic) bond motifs is 5. The molecule has 6 aromatic carbocycles. The van der Waals surface area contributed by atoms with Crippen molar-refractivity contribution in [3.05, 3.63) is 170 Å². The first-order valence-electron chi connectivity index (χ1n) is 15.8. The van der Waals surface area contributed by atoms with Crippen molar-refractivity contribution in [2.24, 2.45) is 0 Å². The van der Waals surface area contributed by atoms with Gasteiger partial charge in [0.1, 0.15) is 0 Å². The Balaban J connectivity index is 1.39. The molecule has 220 valence electrons. The standard InChI is InChI=1S/C43H28N4/c1-4-16-29(17-5-1)37-28-38(30-18-6-2-7-19-30)46-43(45-37)33-23-11-10-22-32(33)41-42-40(34-24-12-14-26-36(34)44-41)35-25-13-15-27-39(35)47(42)31-20-8-3-9-21-31/h1-28H. The molecule has 0 saturated carbocycles. The minimum atomic E-state index is 0.659. The Morgan fingerprint density at radius 3 is 1.64 bits per heavy atom. The van der Waals surface area contributed by atoms with Crippen LogP contribution in [-0.4, -0.2) is 19.5 Å². The monoisotopic (exact) mass is 600 g/mol. The van der Waals surface area contributed by atoms with Crippen molar-refractivity contribution in [2.45, 2.75) is 0 Å². The van der Waals surface area contributed by atoms with Crippen molar-refractivity contribution in [2.75, 3.05) is 0 Å². The van der Waals surface area contributed by atoms with Crippen molar-refractivity contribution in [1.82, 2.24) is 19.5 Å². The molecule has 0 aliphatic heterocycles. The van der Waals surface area contributed by atoms with Gasteiger partial charge in [0.15, 0.2) is 5.82 Å². The Hall–Kier alpha value is -6.39. The van der Waals surface area contributed by atoms with Gasteiger partial charge in [-0.1, -0.05) is 140 Å². The summed E-state index contributed by atoms with van der Waals surface area (Å²) in [5.41, 5.74) is 10.9. The summed E-state index contributed by atoms with van der Waals surface area (Å²) in [5, 5.41) is 3.50. The van der Waals surface area contributed by atoms with E-state index >= 15 is 0 Å². The van der Waals surface area contributed by atoms with E-state index in [-0.39, 0.29) is 0 Å². The molecule has 0 saturated heterocycles. The maximum absolute atomic E-state index is 5.43. The van der Waals surface area contributed by atoms with Crippen LogP contribution in [0.4, 0.5) is 0 Å². The third-order valence-corrected chi connectivity index (χ3v) is 8.81. The maximum atomic E-state index is 5.43. The fourth-order valence-electron chi connectivity index (χ4n) is 6.69. The van der Waals surface area contributed by atoms with Gasteiger partial charge >= 0.3 is 0 Å². The van der Waals surface area contributed by atoms with E-state index in [2.05, 4.69) is 138 Å². The third-order valence-electron chi connectivity index (χ3n) is 8.81. The average Bonchev–Trinajstić information content (AvgIpc) is 3.51. The van der Waals surface area contributed by atoms with Gasteiger partial charge in [0.05, 0.1) is 33.6 Å². The first kappa shape index (κ1) is 27.0. The lowest BCUT2D eigenvalue weighted by Gasteiger charge is -2.16. The Labute approximate surface area is 272 Å². The highest BCUT2D eigenvalue weighted by atomic mass is 15.0. The molecule has 0 radical (unpaired) electrons. The molecule has 3 heterocycles. The molecule has 0 aliphatic rings.